The van der Waals surface area contributed by atoms with Crippen LogP contribution in [0.1, 0.15) is 54.4 Å². The molecule has 2 fully saturated rings. The summed E-state index contributed by atoms with van der Waals surface area (Å²) >= 11 is 0. The third-order valence-electron chi connectivity index (χ3n) is 6.15. The SMILES string of the molecule is Cc1ccccc1NC(=O)c1ccc(NC(=O)[C@H]2CC(=O)OC23CCCCC3)cc1. The van der Waals surface area contributed by atoms with Crippen LogP contribution in [0.5, 0.6) is 0 Å². The van der Waals surface area contributed by atoms with Crippen molar-refractivity contribution in [1.29, 1.82) is 0 Å². The van der Waals surface area contributed by atoms with Crippen LogP contribution in [0, 0.1) is 12.8 Å². The second-order valence-electron chi connectivity index (χ2n) is 8.19. The summed E-state index contributed by atoms with van der Waals surface area (Å²) in [5, 5.41) is 5.79. The van der Waals surface area contributed by atoms with Gasteiger partial charge in [-0.05, 0) is 68.5 Å². The summed E-state index contributed by atoms with van der Waals surface area (Å²) in [6.07, 6.45) is 4.68. The standard InChI is InChI=1S/C24H26N2O4/c1-16-7-3-4-8-20(16)26-22(28)17-9-11-18(12-10-17)25-23(29)19-15-21(27)30-24(19)13-5-2-6-14-24/h3-4,7-12,19H,2,5-6,13-15H2,1H3,(H,25,29)(H,26,28)/t19-/m1/s1. The van der Waals surface area contributed by atoms with Gasteiger partial charge in [0.15, 0.2) is 0 Å². The van der Waals surface area contributed by atoms with Crippen molar-refractivity contribution in [3.05, 3.63) is 59.7 Å². The van der Waals surface area contributed by atoms with E-state index in [0.717, 1.165) is 43.4 Å². The largest absolute Gasteiger partial charge is 0.458 e. The van der Waals surface area contributed by atoms with Gasteiger partial charge in [-0.2, -0.15) is 0 Å². The second kappa shape index (κ2) is 8.30. The van der Waals surface area contributed by atoms with Gasteiger partial charge in [-0.25, -0.2) is 0 Å². The quantitative estimate of drug-likeness (QED) is 0.735. The van der Waals surface area contributed by atoms with Gasteiger partial charge in [-0.3, -0.25) is 14.4 Å². The molecular weight excluding hydrogens is 380 g/mol. The highest BCUT2D eigenvalue weighted by atomic mass is 16.6. The molecule has 2 amide bonds. The molecule has 6 nitrogen and oxygen atoms in total. The van der Waals surface area contributed by atoms with Crippen LogP contribution in [0.2, 0.25) is 0 Å². The maximum atomic E-state index is 12.9. The fourth-order valence-electron chi connectivity index (χ4n) is 4.47. The summed E-state index contributed by atoms with van der Waals surface area (Å²) in [6.45, 7) is 1.94. The van der Waals surface area contributed by atoms with E-state index in [-0.39, 0.29) is 24.2 Å². The summed E-state index contributed by atoms with van der Waals surface area (Å²) in [6, 6.07) is 14.3. The average molecular weight is 406 g/mol. The zero-order chi connectivity index (χ0) is 21.1. The van der Waals surface area contributed by atoms with Crippen LogP contribution in [0.3, 0.4) is 0 Å². The molecule has 1 heterocycles. The highest BCUT2D eigenvalue weighted by Crippen LogP contribution is 2.44. The molecule has 6 heteroatoms. The summed E-state index contributed by atoms with van der Waals surface area (Å²) in [7, 11) is 0. The van der Waals surface area contributed by atoms with Crippen LogP contribution in [0.25, 0.3) is 0 Å². The Bertz CT molecular complexity index is 961. The Labute approximate surface area is 176 Å². The van der Waals surface area contributed by atoms with E-state index in [1.807, 2.05) is 31.2 Å². The van der Waals surface area contributed by atoms with Crippen molar-refractivity contribution in [2.24, 2.45) is 5.92 Å². The fraction of sp³-hybridized carbons (Fsp3) is 0.375. The van der Waals surface area contributed by atoms with E-state index < -0.39 is 11.5 Å². The van der Waals surface area contributed by atoms with Crippen molar-refractivity contribution in [3.63, 3.8) is 0 Å². The zero-order valence-electron chi connectivity index (χ0n) is 17.1. The lowest BCUT2D eigenvalue weighted by Crippen LogP contribution is -2.43. The molecular formula is C24H26N2O4. The molecule has 1 spiro atoms. The predicted molar refractivity (Wildman–Crippen MR) is 114 cm³/mol. The molecule has 2 aliphatic rings. The summed E-state index contributed by atoms with van der Waals surface area (Å²) < 4.78 is 5.63. The molecule has 2 N–H and O–H groups in total. The molecule has 0 radical (unpaired) electrons. The first-order valence-corrected chi connectivity index (χ1v) is 10.5. The molecule has 0 aromatic heterocycles. The lowest BCUT2D eigenvalue weighted by Gasteiger charge is -2.36. The summed E-state index contributed by atoms with van der Waals surface area (Å²) in [4.78, 5) is 37.3. The van der Waals surface area contributed by atoms with Crippen LogP contribution >= 0.6 is 0 Å². The number of anilines is 2. The van der Waals surface area contributed by atoms with Crippen molar-refractivity contribution in [1.82, 2.24) is 0 Å². The monoisotopic (exact) mass is 406 g/mol. The Balaban J connectivity index is 1.42. The molecule has 4 rings (SSSR count). The first kappa shape index (κ1) is 20.1. The molecule has 2 aromatic carbocycles. The van der Waals surface area contributed by atoms with Crippen molar-refractivity contribution in [3.8, 4) is 0 Å². The van der Waals surface area contributed by atoms with Gasteiger partial charge in [0.25, 0.3) is 5.91 Å². The number of carbonyl (C=O) groups excluding carboxylic acids is 3. The van der Waals surface area contributed by atoms with Crippen LogP contribution in [0.15, 0.2) is 48.5 Å². The molecule has 30 heavy (non-hydrogen) atoms. The first-order chi connectivity index (χ1) is 14.5. The van der Waals surface area contributed by atoms with Gasteiger partial charge in [-0.15, -0.1) is 0 Å². The zero-order valence-corrected chi connectivity index (χ0v) is 17.1. The van der Waals surface area contributed by atoms with E-state index in [0.29, 0.717) is 11.3 Å². The van der Waals surface area contributed by atoms with Gasteiger partial charge in [0.05, 0.1) is 12.3 Å². The lowest BCUT2D eigenvalue weighted by atomic mass is 9.75. The van der Waals surface area contributed by atoms with Crippen molar-refractivity contribution in [2.75, 3.05) is 10.6 Å². The van der Waals surface area contributed by atoms with E-state index in [1.54, 1.807) is 24.3 Å². The van der Waals surface area contributed by atoms with E-state index in [1.165, 1.54) is 0 Å². The highest BCUT2D eigenvalue weighted by molar-refractivity contribution is 6.05. The molecule has 1 saturated carbocycles. The summed E-state index contributed by atoms with van der Waals surface area (Å²) in [5.74, 6) is -1.16. The maximum Gasteiger partial charge on any atom is 0.307 e. The van der Waals surface area contributed by atoms with Gasteiger partial charge < -0.3 is 15.4 Å². The molecule has 156 valence electrons. The normalized spacial score (nSPS) is 19.9. The number of amides is 2. The minimum Gasteiger partial charge on any atom is -0.458 e. The second-order valence-corrected chi connectivity index (χ2v) is 8.19. The van der Waals surface area contributed by atoms with Crippen molar-refractivity contribution < 1.29 is 19.1 Å². The number of hydrogen-bond donors (Lipinski definition) is 2. The minimum atomic E-state index is -0.646. The maximum absolute atomic E-state index is 12.9. The smallest absolute Gasteiger partial charge is 0.307 e. The summed E-state index contributed by atoms with van der Waals surface area (Å²) in [5.41, 5.74) is 2.20. The lowest BCUT2D eigenvalue weighted by molar-refractivity contribution is -0.153. The van der Waals surface area contributed by atoms with Gasteiger partial charge in [0.1, 0.15) is 5.60 Å². The first-order valence-electron chi connectivity index (χ1n) is 10.5. The van der Waals surface area contributed by atoms with Crippen LogP contribution in [-0.2, 0) is 14.3 Å². The highest BCUT2D eigenvalue weighted by Gasteiger charge is 2.52. The number of hydrogen-bond acceptors (Lipinski definition) is 4. The number of carbonyl (C=O) groups is 3. The Hall–Kier alpha value is -3.15. The number of para-hydroxylation sites is 1. The molecule has 0 bridgehead atoms. The Kier molecular flexibility index (Phi) is 5.57. The number of esters is 1. The number of benzene rings is 2. The Morgan fingerprint density at radius 1 is 0.967 bits per heavy atom. The molecule has 2 aromatic rings. The predicted octanol–water partition coefficient (Wildman–Crippen LogP) is 4.45. The van der Waals surface area contributed by atoms with Crippen LogP contribution in [-0.4, -0.2) is 23.4 Å². The van der Waals surface area contributed by atoms with Gasteiger partial charge in [-0.1, -0.05) is 24.6 Å². The van der Waals surface area contributed by atoms with E-state index in [9.17, 15) is 14.4 Å². The van der Waals surface area contributed by atoms with E-state index >= 15 is 0 Å². The van der Waals surface area contributed by atoms with Gasteiger partial charge in [0, 0.05) is 16.9 Å². The Morgan fingerprint density at radius 2 is 1.67 bits per heavy atom. The van der Waals surface area contributed by atoms with E-state index in [4.69, 9.17) is 4.74 Å². The topological polar surface area (TPSA) is 84.5 Å². The number of rotatable bonds is 4. The fourth-order valence-corrected chi connectivity index (χ4v) is 4.47. The number of ether oxygens (including phenoxy) is 1. The molecule has 0 unspecified atom stereocenters. The third kappa shape index (κ3) is 4.08. The van der Waals surface area contributed by atoms with Gasteiger partial charge >= 0.3 is 5.97 Å². The van der Waals surface area contributed by atoms with Gasteiger partial charge in [0.2, 0.25) is 5.91 Å². The third-order valence-corrected chi connectivity index (χ3v) is 6.15. The molecule has 1 aliphatic heterocycles. The minimum absolute atomic E-state index is 0.128. The molecule has 1 aliphatic carbocycles. The number of aryl methyl sites for hydroxylation is 1. The molecule has 1 atom stereocenters. The van der Waals surface area contributed by atoms with Crippen LogP contribution < -0.4 is 10.6 Å². The van der Waals surface area contributed by atoms with Crippen molar-refractivity contribution in [2.45, 2.75) is 51.0 Å². The van der Waals surface area contributed by atoms with E-state index in [2.05, 4.69) is 10.6 Å². The molecule has 1 saturated heterocycles. The Morgan fingerprint density at radius 3 is 2.37 bits per heavy atom. The van der Waals surface area contributed by atoms with Crippen LogP contribution in [0.4, 0.5) is 11.4 Å². The van der Waals surface area contributed by atoms with Crippen molar-refractivity contribution >= 4 is 29.2 Å². The number of nitrogens with one attached hydrogen (secondary N) is 2. The average Bonchev–Trinajstić information content (AvgIpc) is 3.06.